The number of Topliss-reactive ketones (excluding diaryl/α,β-unsaturated/α-hetero) is 1. The lowest BCUT2D eigenvalue weighted by Gasteiger charge is -2.35. The SMILES string of the molecule is COCCC(=O)C[C@@H]1CC(C(=O)O)N(C(C)(C)C)C1. The van der Waals surface area contributed by atoms with Crippen LogP contribution in [0, 0.1) is 5.92 Å². The van der Waals surface area contributed by atoms with Gasteiger partial charge in [0.15, 0.2) is 0 Å². The number of methoxy groups -OCH3 is 1. The van der Waals surface area contributed by atoms with Crippen LogP contribution in [0.25, 0.3) is 0 Å². The maximum atomic E-state index is 11.7. The van der Waals surface area contributed by atoms with Gasteiger partial charge in [-0.15, -0.1) is 0 Å². The lowest BCUT2D eigenvalue weighted by atomic mass is 9.98. The Labute approximate surface area is 114 Å². The Morgan fingerprint density at radius 2 is 2.00 bits per heavy atom. The molecule has 1 unspecified atom stereocenters. The average Bonchev–Trinajstić information content (AvgIpc) is 2.70. The van der Waals surface area contributed by atoms with Gasteiger partial charge in [-0.1, -0.05) is 0 Å². The largest absolute Gasteiger partial charge is 0.480 e. The van der Waals surface area contributed by atoms with E-state index in [2.05, 4.69) is 0 Å². The summed E-state index contributed by atoms with van der Waals surface area (Å²) >= 11 is 0. The fourth-order valence-corrected chi connectivity index (χ4v) is 2.69. The molecule has 0 aromatic rings. The number of nitrogens with zero attached hydrogens (tertiary/aromatic N) is 1. The molecule has 0 radical (unpaired) electrons. The first-order chi connectivity index (χ1) is 8.75. The van der Waals surface area contributed by atoms with Crippen LogP contribution in [0.4, 0.5) is 0 Å². The molecule has 1 saturated heterocycles. The number of hydrogen-bond donors (Lipinski definition) is 1. The lowest BCUT2D eigenvalue weighted by Crippen LogP contribution is -2.47. The molecule has 0 aromatic heterocycles. The maximum Gasteiger partial charge on any atom is 0.320 e. The zero-order chi connectivity index (χ0) is 14.6. The van der Waals surface area contributed by atoms with Gasteiger partial charge in [-0.05, 0) is 33.1 Å². The Balaban J connectivity index is 2.60. The summed E-state index contributed by atoms with van der Waals surface area (Å²) in [6, 6.07) is -0.472. The van der Waals surface area contributed by atoms with E-state index in [0.29, 0.717) is 32.4 Å². The molecular weight excluding hydrogens is 246 g/mol. The number of rotatable bonds is 6. The molecule has 5 nitrogen and oxygen atoms in total. The van der Waals surface area contributed by atoms with E-state index in [9.17, 15) is 14.7 Å². The molecule has 0 bridgehead atoms. The molecule has 2 atom stereocenters. The van der Waals surface area contributed by atoms with E-state index in [4.69, 9.17) is 4.74 Å². The molecule has 1 rings (SSSR count). The highest BCUT2D eigenvalue weighted by atomic mass is 16.5. The first-order valence-electron chi connectivity index (χ1n) is 6.76. The summed E-state index contributed by atoms with van der Waals surface area (Å²) in [5.74, 6) is -0.488. The highest BCUT2D eigenvalue weighted by Crippen LogP contribution is 2.32. The number of aliphatic carboxylic acids is 1. The van der Waals surface area contributed by atoms with Gasteiger partial charge in [-0.25, -0.2) is 0 Å². The predicted octanol–water partition coefficient (Wildman–Crippen LogP) is 1.56. The Bertz CT molecular complexity index is 335. The van der Waals surface area contributed by atoms with Crippen LogP contribution < -0.4 is 0 Å². The third kappa shape index (κ3) is 4.58. The quantitative estimate of drug-likeness (QED) is 0.794. The van der Waals surface area contributed by atoms with Crippen LogP contribution in [0.15, 0.2) is 0 Å². The molecule has 0 aliphatic carbocycles. The van der Waals surface area contributed by atoms with Crippen molar-refractivity contribution >= 4 is 11.8 Å². The highest BCUT2D eigenvalue weighted by Gasteiger charge is 2.42. The van der Waals surface area contributed by atoms with Crippen LogP contribution in [0.1, 0.15) is 40.0 Å². The van der Waals surface area contributed by atoms with E-state index in [1.165, 1.54) is 0 Å². The van der Waals surface area contributed by atoms with Crippen molar-refractivity contribution in [3.8, 4) is 0 Å². The number of ketones is 1. The molecule has 110 valence electrons. The first kappa shape index (κ1) is 16.1. The van der Waals surface area contributed by atoms with Gasteiger partial charge in [-0.3, -0.25) is 14.5 Å². The van der Waals surface area contributed by atoms with E-state index in [-0.39, 0.29) is 17.2 Å². The van der Waals surface area contributed by atoms with E-state index in [1.54, 1.807) is 7.11 Å². The van der Waals surface area contributed by atoms with Crippen LogP contribution in [-0.2, 0) is 14.3 Å². The summed E-state index contributed by atoms with van der Waals surface area (Å²) in [6.07, 6.45) is 1.44. The topological polar surface area (TPSA) is 66.8 Å². The molecule has 0 aromatic carbocycles. The van der Waals surface area contributed by atoms with E-state index >= 15 is 0 Å². The van der Waals surface area contributed by atoms with Crippen molar-refractivity contribution in [3.63, 3.8) is 0 Å². The molecule has 0 spiro atoms. The Hall–Kier alpha value is -0.940. The minimum atomic E-state index is -0.790. The van der Waals surface area contributed by atoms with Gasteiger partial charge in [0.05, 0.1) is 6.61 Å². The van der Waals surface area contributed by atoms with E-state index < -0.39 is 12.0 Å². The summed E-state index contributed by atoms with van der Waals surface area (Å²) in [7, 11) is 1.57. The molecule has 1 aliphatic heterocycles. The third-order valence-corrected chi connectivity index (χ3v) is 3.64. The molecule has 1 aliphatic rings. The van der Waals surface area contributed by atoms with Crippen molar-refractivity contribution in [1.82, 2.24) is 4.90 Å². The highest BCUT2D eigenvalue weighted by molar-refractivity contribution is 5.79. The second kappa shape index (κ2) is 6.48. The second-order valence-corrected chi connectivity index (χ2v) is 6.26. The average molecular weight is 271 g/mol. The molecule has 0 saturated carbocycles. The lowest BCUT2D eigenvalue weighted by molar-refractivity contribution is -0.144. The van der Waals surface area contributed by atoms with Gasteiger partial charge < -0.3 is 9.84 Å². The monoisotopic (exact) mass is 271 g/mol. The third-order valence-electron chi connectivity index (χ3n) is 3.64. The Kier molecular flexibility index (Phi) is 5.50. The number of ether oxygens (including phenoxy) is 1. The number of carboxylic acids is 1. The van der Waals surface area contributed by atoms with Gasteiger partial charge in [0.25, 0.3) is 0 Å². The van der Waals surface area contributed by atoms with Crippen LogP contribution in [0.5, 0.6) is 0 Å². The van der Waals surface area contributed by atoms with E-state index in [0.717, 1.165) is 0 Å². The summed E-state index contributed by atoms with van der Waals surface area (Å²) in [4.78, 5) is 25.0. The van der Waals surface area contributed by atoms with Crippen LogP contribution >= 0.6 is 0 Å². The molecule has 1 N–H and O–H groups in total. The number of carbonyl (C=O) groups is 2. The van der Waals surface area contributed by atoms with Crippen molar-refractivity contribution < 1.29 is 19.4 Å². The molecule has 5 heteroatoms. The smallest absolute Gasteiger partial charge is 0.320 e. The number of likely N-dealkylation sites (tertiary alicyclic amines) is 1. The van der Waals surface area contributed by atoms with Gasteiger partial charge in [0.1, 0.15) is 11.8 Å². The molecular formula is C14H25NO4. The molecule has 1 heterocycles. The van der Waals surface area contributed by atoms with Crippen molar-refractivity contribution in [1.29, 1.82) is 0 Å². The Morgan fingerprint density at radius 1 is 1.37 bits per heavy atom. The summed E-state index contributed by atoms with van der Waals surface area (Å²) in [5.41, 5.74) is -0.187. The maximum absolute atomic E-state index is 11.7. The van der Waals surface area contributed by atoms with Crippen molar-refractivity contribution in [2.75, 3.05) is 20.3 Å². The summed E-state index contributed by atoms with van der Waals surface area (Å²) in [6.45, 7) is 7.16. The summed E-state index contributed by atoms with van der Waals surface area (Å²) < 4.78 is 4.89. The number of hydrogen-bond acceptors (Lipinski definition) is 4. The zero-order valence-electron chi connectivity index (χ0n) is 12.3. The van der Waals surface area contributed by atoms with Gasteiger partial charge >= 0.3 is 5.97 Å². The zero-order valence-corrected chi connectivity index (χ0v) is 12.3. The minimum absolute atomic E-state index is 0.143. The summed E-state index contributed by atoms with van der Waals surface area (Å²) in [5, 5.41) is 9.29. The fourth-order valence-electron chi connectivity index (χ4n) is 2.69. The molecule has 0 amide bonds. The van der Waals surface area contributed by atoms with Gasteiger partial charge in [0.2, 0.25) is 0 Å². The van der Waals surface area contributed by atoms with Crippen LogP contribution in [0.2, 0.25) is 0 Å². The van der Waals surface area contributed by atoms with Crippen molar-refractivity contribution in [2.45, 2.75) is 51.6 Å². The Morgan fingerprint density at radius 3 is 2.42 bits per heavy atom. The van der Waals surface area contributed by atoms with Gasteiger partial charge in [0, 0.05) is 32.0 Å². The molecule has 1 fully saturated rings. The molecule has 19 heavy (non-hydrogen) atoms. The predicted molar refractivity (Wildman–Crippen MR) is 72.1 cm³/mol. The van der Waals surface area contributed by atoms with Crippen molar-refractivity contribution in [3.05, 3.63) is 0 Å². The van der Waals surface area contributed by atoms with Crippen LogP contribution in [0.3, 0.4) is 0 Å². The second-order valence-electron chi connectivity index (χ2n) is 6.26. The van der Waals surface area contributed by atoms with Gasteiger partial charge in [-0.2, -0.15) is 0 Å². The van der Waals surface area contributed by atoms with Crippen molar-refractivity contribution in [2.24, 2.45) is 5.92 Å². The first-order valence-corrected chi connectivity index (χ1v) is 6.76. The van der Waals surface area contributed by atoms with Crippen LogP contribution in [-0.4, -0.2) is 53.6 Å². The number of carbonyl (C=O) groups excluding carboxylic acids is 1. The van der Waals surface area contributed by atoms with E-state index in [1.807, 2.05) is 25.7 Å². The number of carboxylic acid groups (broad SMARTS) is 1. The standard InChI is InChI=1S/C14H25NO4/c1-14(2,3)15-9-10(8-12(15)13(17)18)7-11(16)5-6-19-4/h10,12H,5-9H2,1-4H3,(H,17,18)/t10-,12?/m1/s1. The normalized spacial score (nSPS) is 24.6. The minimum Gasteiger partial charge on any atom is -0.480 e. The fraction of sp³-hybridized carbons (Fsp3) is 0.857.